The molecule has 0 amide bonds. The third-order valence-corrected chi connectivity index (χ3v) is 9.71. The van der Waals surface area contributed by atoms with E-state index in [-0.39, 0.29) is 24.6 Å². The van der Waals surface area contributed by atoms with Gasteiger partial charge in [0.2, 0.25) is 0 Å². The molecule has 5 rings (SSSR count). The summed E-state index contributed by atoms with van der Waals surface area (Å²) in [6.07, 6.45) is 3.15. The van der Waals surface area contributed by atoms with Gasteiger partial charge in [0.25, 0.3) is 0 Å². The van der Waals surface area contributed by atoms with Crippen molar-refractivity contribution < 1.29 is 18.2 Å². The van der Waals surface area contributed by atoms with Crippen molar-refractivity contribution in [1.29, 1.82) is 0 Å². The van der Waals surface area contributed by atoms with Crippen LogP contribution in [0.15, 0.2) is 47.7 Å². The third-order valence-electron chi connectivity index (χ3n) is 6.47. The number of nitrogens with zero attached hydrogens (tertiary/aromatic N) is 3. The zero-order valence-electron chi connectivity index (χ0n) is 17.9. The fourth-order valence-electron chi connectivity index (χ4n) is 4.39. The van der Waals surface area contributed by atoms with Gasteiger partial charge in [-0.3, -0.25) is 19.1 Å². The summed E-state index contributed by atoms with van der Waals surface area (Å²) in [7, 11) is -3.32. The molecule has 2 aliphatic heterocycles. The van der Waals surface area contributed by atoms with Crippen LogP contribution in [-0.4, -0.2) is 48.1 Å². The van der Waals surface area contributed by atoms with Gasteiger partial charge in [0.05, 0.1) is 18.2 Å². The van der Waals surface area contributed by atoms with Gasteiger partial charge in [0.1, 0.15) is 32.7 Å². The molecule has 4 heterocycles. The molecule has 2 atom stereocenters. The number of ether oxygens (including phenoxy) is 1. The zero-order valence-corrected chi connectivity index (χ0v) is 19.5. The molecule has 0 saturated carbocycles. The quantitative estimate of drug-likeness (QED) is 0.419. The molecule has 2 aromatic heterocycles. The van der Waals surface area contributed by atoms with Crippen LogP contribution in [0.4, 0.5) is 15.9 Å². The molecule has 0 aliphatic carbocycles. The summed E-state index contributed by atoms with van der Waals surface area (Å²) >= 11 is 6.04. The van der Waals surface area contributed by atoms with Gasteiger partial charge in [0, 0.05) is 29.0 Å². The van der Waals surface area contributed by atoms with Crippen molar-refractivity contribution in [3.63, 3.8) is 0 Å². The molecule has 5 N–H and O–H groups in total. The summed E-state index contributed by atoms with van der Waals surface area (Å²) in [6, 6.07) is 8.01. The van der Waals surface area contributed by atoms with E-state index in [1.807, 2.05) is 0 Å². The summed E-state index contributed by atoms with van der Waals surface area (Å²) in [4.78, 5) is 13.3. The maximum absolute atomic E-state index is 15.2. The highest BCUT2D eigenvalue weighted by Gasteiger charge is 2.61. The lowest BCUT2D eigenvalue weighted by Crippen LogP contribution is -2.57. The highest BCUT2D eigenvalue weighted by Crippen LogP contribution is 2.66. The van der Waals surface area contributed by atoms with Gasteiger partial charge >= 0.3 is 0 Å². The number of fused-ring (bicyclic) bond motifs is 2. The Balaban J connectivity index is 1.61. The standard InChI is InChI=1S/C22H23ClFN5O3S/c1-21(2)20(25)29-22(11-32-10-17(22)33(21,30)31)15-8-14(3-4-16(15)24)28-19-18-12(5-6-26-19)7-13(23)9-27-18/h3-9,17,30-31H,10-11H2,1-2H3,(H2,25,29)(H,26,28)/t17-,22+/m0/s1. The van der Waals surface area contributed by atoms with Crippen molar-refractivity contribution in [2.24, 2.45) is 10.7 Å². The minimum Gasteiger partial charge on any atom is -0.386 e. The molecule has 8 nitrogen and oxygen atoms in total. The Morgan fingerprint density at radius 2 is 2.03 bits per heavy atom. The van der Waals surface area contributed by atoms with E-state index in [9.17, 15) is 9.11 Å². The average molecular weight is 492 g/mol. The van der Waals surface area contributed by atoms with E-state index < -0.39 is 31.9 Å². The molecule has 0 radical (unpaired) electrons. The summed E-state index contributed by atoms with van der Waals surface area (Å²) in [5.74, 6) is -0.0207. The Bertz CT molecular complexity index is 1300. The molecule has 1 aromatic carbocycles. The van der Waals surface area contributed by atoms with Crippen molar-refractivity contribution >= 4 is 50.4 Å². The molecule has 1 fully saturated rings. The van der Waals surface area contributed by atoms with Crippen molar-refractivity contribution in [3.8, 4) is 0 Å². The van der Waals surface area contributed by atoms with E-state index in [1.165, 1.54) is 12.3 Å². The van der Waals surface area contributed by atoms with E-state index in [4.69, 9.17) is 22.1 Å². The smallest absolute Gasteiger partial charge is 0.156 e. The van der Waals surface area contributed by atoms with E-state index in [0.717, 1.165) is 5.39 Å². The van der Waals surface area contributed by atoms with Crippen LogP contribution in [0, 0.1) is 5.82 Å². The van der Waals surface area contributed by atoms with Crippen LogP contribution in [0.3, 0.4) is 0 Å². The minimum absolute atomic E-state index is 0.0166. The number of rotatable bonds is 3. The average Bonchev–Trinajstić information content (AvgIpc) is 3.19. The Hall–Kier alpha value is -2.50. The third kappa shape index (κ3) is 3.28. The largest absolute Gasteiger partial charge is 0.386 e. The maximum Gasteiger partial charge on any atom is 0.156 e. The van der Waals surface area contributed by atoms with Crippen molar-refractivity contribution in [3.05, 3.63) is 59.1 Å². The van der Waals surface area contributed by atoms with Gasteiger partial charge in [-0.1, -0.05) is 11.6 Å². The number of amidine groups is 1. The first-order valence-electron chi connectivity index (χ1n) is 10.2. The number of nitrogens with one attached hydrogen (secondary N) is 1. The molecule has 1 saturated heterocycles. The SMILES string of the molecule is CC1(C)C(N)=N[C@@]2(c3cc(Nc4nccc5cc(Cl)cnc45)ccc3F)COC[C@@H]2S1(O)O. The molecule has 0 unspecified atom stereocenters. The van der Waals surface area contributed by atoms with E-state index in [0.29, 0.717) is 22.0 Å². The Morgan fingerprint density at radius 3 is 2.82 bits per heavy atom. The van der Waals surface area contributed by atoms with Gasteiger partial charge < -0.3 is 15.8 Å². The van der Waals surface area contributed by atoms with Crippen LogP contribution in [-0.2, 0) is 10.3 Å². The van der Waals surface area contributed by atoms with Crippen LogP contribution in [0.25, 0.3) is 10.9 Å². The zero-order chi connectivity index (χ0) is 23.6. The molecule has 33 heavy (non-hydrogen) atoms. The topological polar surface area (TPSA) is 126 Å². The first-order chi connectivity index (χ1) is 15.6. The second-order valence-electron chi connectivity index (χ2n) is 8.73. The predicted molar refractivity (Wildman–Crippen MR) is 129 cm³/mol. The maximum atomic E-state index is 15.2. The highest BCUT2D eigenvalue weighted by atomic mass is 35.5. The van der Waals surface area contributed by atoms with Gasteiger partial charge in [-0.2, -0.15) is 10.6 Å². The first kappa shape index (κ1) is 22.3. The number of anilines is 2. The van der Waals surface area contributed by atoms with Crippen LogP contribution >= 0.6 is 22.2 Å². The number of nitrogens with two attached hydrogens (primary N) is 1. The fourth-order valence-corrected chi connectivity index (χ4v) is 6.70. The lowest BCUT2D eigenvalue weighted by Gasteiger charge is -2.56. The fraction of sp³-hybridized carbons (Fsp3) is 0.318. The predicted octanol–water partition coefficient (Wildman–Crippen LogP) is 4.66. The van der Waals surface area contributed by atoms with Crippen LogP contribution in [0.5, 0.6) is 0 Å². The van der Waals surface area contributed by atoms with Gasteiger partial charge in [-0.15, -0.1) is 0 Å². The van der Waals surface area contributed by atoms with E-state index >= 15 is 4.39 Å². The summed E-state index contributed by atoms with van der Waals surface area (Å²) in [5, 5.41) is 3.64. The summed E-state index contributed by atoms with van der Waals surface area (Å²) in [5.41, 5.74) is 6.13. The molecule has 2 aliphatic rings. The second kappa shape index (κ2) is 7.51. The molecular weight excluding hydrogens is 469 g/mol. The molecule has 3 aromatic rings. The van der Waals surface area contributed by atoms with Gasteiger partial charge in [-0.25, -0.2) is 9.37 Å². The number of benzene rings is 1. The number of hydrogen-bond donors (Lipinski definition) is 4. The molecule has 11 heteroatoms. The van der Waals surface area contributed by atoms with E-state index in [2.05, 4.69) is 20.3 Å². The van der Waals surface area contributed by atoms with Crippen LogP contribution in [0.2, 0.25) is 5.02 Å². The second-order valence-corrected chi connectivity index (χ2v) is 11.9. The van der Waals surface area contributed by atoms with Crippen molar-refractivity contribution in [2.45, 2.75) is 29.4 Å². The number of halogens is 2. The summed E-state index contributed by atoms with van der Waals surface area (Å²) < 4.78 is 42.0. The lowest BCUT2D eigenvalue weighted by molar-refractivity contribution is 0.178. The van der Waals surface area contributed by atoms with Crippen molar-refractivity contribution in [1.82, 2.24) is 9.97 Å². The number of hydrogen-bond acceptors (Lipinski definition) is 8. The van der Waals surface area contributed by atoms with Crippen LogP contribution in [0.1, 0.15) is 19.4 Å². The monoisotopic (exact) mass is 491 g/mol. The van der Waals surface area contributed by atoms with Crippen LogP contribution < -0.4 is 11.1 Å². The van der Waals surface area contributed by atoms with Gasteiger partial charge in [-0.05, 0) is 44.2 Å². The molecular formula is C22H23ClFN5O3S. The van der Waals surface area contributed by atoms with Gasteiger partial charge in [0.15, 0.2) is 5.82 Å². The molecule has 0 bridgehead atoms. The normalized spacial score (nSPS) is 26.5. The number of aliphatic imine (C=N–C) groups is 1. The Kier molecular flexibility index (Phi) is 5.07. The molecule has 0 spiro atoms. The minimum atomic E-state index is -3.32. The first-order valence-corrected chi connectivity index (χ1v) is 12.2. The van der Waals surface area contributed by atoms with Crippen molar-refractivity contribution in [2.75, 3.05) is 18.5 Å². The highest BCUT2D eigenvalue weighted by molar-refractivity contribution is 8.26. The number of aromatic nitrogens is 2. The Labute approximate surface area is 196 Å². The Morgan fingerprint density at radius 1 is 1.24 bits per heavy atom. The van der Waals surface area contributed by atoms with E-state index in [1.54, 1.807) is 44.3 Å². The molecule has 174 valence electrons. The lowest BCUT2D eigenvalue weighted by atomic mass is 9.87. The summed E-state index contributed by atoms with van der Waals surface area (Å²) in [6.45, 7) is 3.28. The number of pyridine rings is 2.